The molecule has 0 N–H and O–H groups in total. The topological polar surface area (TPSA) is 63.6 Å². The molecule has 8 nitrogen and oxygen atoms in total. The number of hydrogen-bond donors (Lipinski definition) is 0. The highest BCUT2D eigenvalue weighted by molar-refractivity contribution is 6.99. The Balaban J connectivity index is 0.995. The zero-order chi connectivity index (χ0) is 36.6. The number of nitrogens with zero attached hydrogens (tertiary/aromatic N) is 4. The average Bonchev–Trinajstić information content (AvgIpc) is 3.75. The summed E-state index contributed by atoms with van der Waals surface area (Å²) in [7, 11) is 0. The van der Waals surface area contributed by atoms with Crippen LogP contribution in [0.5, 0.6) is 46.0 Å². The Kier molecular flexibility index (Phi) is 4.84. The van der Waals surface area contributed by atoms with Crippen LogP contribution in [0, 0.1) is 6.33 Å². The Morgan fingerprint density at radius 2 is 1.37 bits per heavy atom. The summed E-state index contributed by atoms with van der Waals surface area (Å²) < 4.78 is 55.6. The van der Waals surface area contributed by atoms with Crippen molar-refractivity contribution in [1.82, 2.24) is 14.1 Å². The van der Waals surface area contributed by atoms with E-state index in [0.717, 1.165) is 84.0 Å². The minimum absolute atomic E-state index is 0.105. The SMILES string of the molecule is [2H]C([2H])([2H])[n+]1[c-]n(-c2cccc(Oc3cccc(-n4c5cc6c7c(c5c5cccnc54)Oc4cccc5c4B7c4c(cccc4O6)O5)c3)c2)c2ccccc21. The summed E-state index contributed by atoms with van der Waals surface area (Å²) in [6.45, 7) is -2.49. The molecule has 0 saturated carbocycles. The van der Waals surface area contributed by atoms with E-state index in [1.54, 1.807) is 16.8 Å². The van der Waals surface area contributed by atoms with Crippen LogP contribution in [0.1, 0.15) is 4.11 Å². The quantitative estimate of drug-likeness (QED) is 0.111. The number of rotatable bonds is 4. The number of benzene rings is 6. The first-order valence-corrected chi connectivity index (χ1v) is 17.0. The van der Waals surface area contributed by atoms with Crippen molar-refractivity contribution in [3.05, 3.63) is 140 Å². The Morgan fingerprint density at radius 1 is 0.673 bits per heavy atom. The van der Waals surface area contributed by atoms with Crippen molar-refractivity contribution in [2.45, 2.75) is 0 Å². The molecule has 0 spiro atoms. The van der Waals surface area contributed by atoms with Gasteiger partial charge in [-0.05, 0) is 60.7 Å². The van der Waals surface area contributed by atoms with Gasteiger partial charge in [0, 0.05) is 40.1 Å². The smallest absolute Gasteiger partial charge is 0.270 e. The molecule has 0 radical (unpaired) electrons. The summed E-state index contributed by atoms with van der Waals surface area (Å²) in [5.74, 6) is 5.76. The fourth-order valence-corrected chi connectivity index (χ4v) is 8.19. The van der Waals surface area contributed by atoms with E-state index in [1.807, 2.05) is 109 Å². The maximum atomic E-state index is 8.05. The summed E-state index contributed by atoms with van der Waals surface area (Å²) in [4.78, 5) is 4.90. The van der Waals surface area contributed by atoms with Crippen molar-refractivity contribution < 1.29 is 27.6 Å². The van der Waals surface area contributed by atoms with Gasteiger partial charge in [0.25, 0.3) is 6.71 Å². The molecule has 0 bridgehead atoms. The van der Waals surface area contributed by atoms with Crippen LogP contribution in [0.4, 0.5) is 0 Å². The molecule has 3 aliphatic rings. The van der Waals surface area contributed by atoms with Crippen LogP contribution >= 0.6 is 0 Å². The highest BCUT2D eigenvalue weighted by atomic mass is 16.5. The summed E-state index contributed by atoms with van der Waals surface area (Å²) in [6, 6.07) is 40.8. The van der Waals surface area contributed by atoms with Crippen LogP contribution in [0.2, 0.25) is 0 Å². The van der Waals surface area contributed by atoms with Crippen molar-refractivity contribution in [3.8, 4) is 57.4 Å². The number of imidazole rings is 1. The highest BCUT2D eigenvalue weighted by Crippen LogP contribution is 2.47. The molecule has 6 aromatic carbocycles. The van der Waals surface area contributed by atoms with Crippen molar-refractivity contribution in [1.29, 1.82) is 0 Å². The molecule has 0 fully saturated rings. The minimum atomic E-state index is -2.39. The van der Waals surface area contributed by atoms with E-state index in [4.69, 9.17) is 28.0 Å². The molecule has 0 saturated heterocycles. The lowest BCUT2D eigenvalue weighted by molar-refractivity contribution is -0.649. The second kappa shape index (κ2) is 10.0. The van der Waals surface area contributed by atoms with Gasteiger partial charge in [0.1, 0.15) is 51.6 Å². The van der Waals surface area contributed by atoms with Gasteiger partial charge in [0.15, 0.2) is 0 Å². The molecule has 6 heterocycles. The lowest BCUT2D eigenvalue weighted by Crippen LogP contribution is -2.59. The zero-order valence-corrected chi connectivity index (χ0v) is 27.2. The van der Waals surface area contributed by atoms with Crippen molar-refractivity contribution in [3.63, 3.8) is 0 Å². The van der Waals surface area contributed by atoms with Gasteiger partial charge in [0.05, 0.1) is 44.4 Å². The molecule has 12 rings (SSSR count). The van der Waals surface area contributed by atoms with E-state index in [0.29, 0.717) is 22.7 Å². The maximum absolute atomic E-state index is 8.05. The van der Waals surface area contributed by atoms with Gasteiger partial charge < -0.3 is 28.1 Å². The minimum Gasteiger partial charge on any atom is -0.458 e. The Morgan fingerprint density at radius 3 is 2.15 bits per heavy atom. The third kappa shape index (κ3) is 3.71. The predicted octanol–water partition coefficient (Wildman–Crippen LogP) is 7.37. The summed E-state index contributed by atoms with van der Waals surface area (Å²) in [5.41, 5.74) is 7.47. The first-order valence-electron chi connectivity index (χ1n) is 18.5. The number of fused-ring (bicyclic) bond motifs is 5. The first-order chi connectivity index (χ1) is 26.9. The second-order valence-corrected chi connectivity index (χ2v) is 13.2. The average molecular weight is 676 g/mol. The van der Waals surface area contributed by atoms with Crippen LogP contribution < -0.4 is 39.9 Å². The molecule has 3 aromatic heterocycles. The monoisotopic (exact) mass is 675 g/mol. The second-order valence-electron chi connectivity index (χ2n) is 13.2. The molecule has 244 valence electrons. The highest BCUT2D eigenvalue weighted by Gasteiger charge is 2.47. The van der Waals surface area contributed by atoms with E-state index >= 15 is 0 Å². The molecule has 0 amide bonds. The van der Waals surface area contributed by atoms with E-state index in [2.05, 4.69) is 23.0 Å². The van der Waals surface area contributed by atoms with Crippen molar-refractivity contribution >= 4 is 56.1 Å². The lowest BCUT2D eigenvalue weighted by Gasteiger charge is -2.37. The Bertz CT molecular complexity index is 3120. The molecular formula is C43H25BN4O4. The Labute approximate surface area is 301 Å². The number of aryl methyl sites for hydroxylation is 1. The zero-order valence-electron chi connectivity index (χ0n) is 30.2. The number of ether oxygens (including phenoxy) is 4. The number of para-hydroxylation sites is 2. The van der Waals surface area contributed by atoms with E-state index in [9.17, 15) is 0 Å². The normalized spacial score (nSPS) is 14.2. The molecule has 0 aliphatic carbocycles. The first kappa shape index (κ1) is 25.0. The van der Waals surface area contributed by atoms with Crippen LogP contribution in [-0.2, 0) is 6.98 Å². The maximum Gasteiger partial charge on any atom is 0.270 e. The van der Waals surface area contributed by atoms with Gasteiger partial charge in [-0.2, -0.15) is 0 Å². The third-order valence-corrected chi connectivity index (χ3v) is 10.3. The van der Waals surface area contributed by atoms with Crippen LogP contribution in [-0.4, -0.2) is 20.8 Å². The molecule has 0 atom stereocenters. The van der Waals surface area contributed by atoms with Crippen LogP contribution in [0.3, 0.4) is 0 Å². The lowest BCUT2D eigenvalue weighted by atomic mass is 9.34. The summed E-state index contributed by atoms with van der Waals surface area (Å²) in [6.07, 6.45) is 4.83. The number of aromatic nitrogens is 4. The molecule has 0 unspecified atom stereocenters. The number of pyridine rings is 1. The van der Waals surface area contributed by atoms with Gasteiger partial charge >= 0.3 is 0 Å². The summed E-state index contributed by atoms with van der Waals surface area (Å²) in [5, 5.41) is 1.89. The standard InChI is InChI=1S/C43H25BN4O4/c1-46-24-47(31-15-3-2-14-30(31)46)25-9-4-11-27(21-25)49-28-12-5-10-26(22-28)48-32-23-37-41-42(38(32)29-13-8-20-45-43(29)48)52-36-19-7-17-34-40(36)44(41)39-33(50-34)16-6-18-35(39)51-37/h2-23H,1H3/i1D3. The van der Waals surface area contributed by atoms with E-state index in [1.165, 1.54) is 4.57 Å². The largest absolute Gasteiger partial charge is 0.458 e. The molecular weight excluding hydrogens is 647 g/mol. The molecule has 9 heteroatoms. The van der Waals surface area contributed by atoms with Crippen LogP contribution in [0.15, 0.2) is 134 Å². The van der Waals surface area contributed by atoms with E-state index < -0.39 is 6.98 Å². The summed E-state index contributed by atoms with van der Waals surface area (Å²) >= 11 is 0. The Hall–Kier alpha value is -7.00. The van der Waals surface area contributed by atoms with Crippen molar-refractivity contribution in [2.75, 3.05) is 0 Å². The predicted molar refractivity (Wildman–Crippen MR) is 200 cm³/mol. The fraction of sp³-hybridized carbons (Fsp3) is 0.0233. The van der Waals surface area contributed by atoms with E-state index in [-0.39, 0.29) is 6.71 Å². The van der Waals surface area contributed by atoms with Gasteiger partial charge in [-0.25, -0.2) is 4.98 Å². The number of hydrogen-bond acceptors (Lipinski definition) is 5. The van der Waals surface area contributed by atoms with Crippen LogP contribution in [0.25, 0.3) is 44.3 Å². The van der Waals surface area contributed by atoms with Gasteiger partial charge in [-0.3, -0.25) is 4.57 Å². The molecule has 3 aliphatic heterocycles. The van der Waals surface area contributed by atoms with Gasteiger partial charge in [0.2, 0.25) is 6.33 Å². The van der Waals surface area contributed by atoms with Gasteiger partial charge in [-0.1, -0.05) is 54.6 Å². The fourth-order valence-electron chi connectivity index (χ4n) is 8.19. The molecule has 9 aromatic rings. The van der Waals surface area contributed by atoms with Crippen molar-refractivity contribution in [2.24, 2.45) is 6.98 Å². The molecule has 52 heavy (non-hydrogen) atoms. The van der Waals surface area contributed by atoms with Gasteiger partial charge in [-0.15, -0.1) is 0 Å². The third-order valence-electron chi connectivity index (χ3n) is 10.3.